The van der Waals surface area contributed by atoms with Crippen molar-refractivity contribution in [1.29, 1.82) is 0 Å². The molecule has 1 atom stereocenters. The van der Waals surface area contributed by atoms with Gasteiger partial charge in [-0.1, -0.05) is 60.7 Å². The molecule has 2 heterocycles. The SMILES string of the molecule is CN(C)C(=O)C1(Cc2cccc(-c3ccccc3)c2)CCN(C(=O)c2ccccn2)C1. The molecular weight excluding hydrogens is 386 g/mol. The molecule has 0 saturated carbocycles. The standard InChI is InChI=1S/C26H27N3O2/c1-28(2)25(31)26(14-16-29(19-26)24(30)23-13-6-7-15-27-23)18-20-9-8-12-22(17-20)21-10-4-3-5-11-21/h3-13,15,17H,14,16,18-19H2,1-2H3. The van der Waals surface area contributed by atoms with Crippen molar-refractivity contribution in [2.45, 2.75) is 12.8 Å². The van der Waals surface area contributed by atoms with Gasteiger partial charge in [0.15, 0.2) is 0 Å². The van der Waals surface area contributed by atoms with Crippen LogP contribution in [0.15, 0.2) is 79.0 Å². The van der Waals surface area contributed by atoms with E-state index in [1.165, 1.54) is 0 Å². The minimum atomic E-state index is -0.636. The fraction of sp³-hybridized carbons (Fsp3) is 0.269. The zero-order valence-electron chi connectivity index (χ0n) is 18.0. The highest BCUT2D eigenvalue weighted by Gasteiger charge is 2.47. The maximum absolute atomic E-state index is 13.3. The van der Waals surface area contributed by atoms with E-state index in [0.29, 0.717) is 31.6 Å². The average molecular weight is 414 g/mol. The van der Waals surface area contributed by atoms with Crippen LogP contribution in [0.5, 0.6) is 0 Å². The molecule has 0 radical (unpaired) electrons. The molecule has 31 heavy (non-hydrogen) atoms. The predicted molar refractivity (Wildman–Crippen MR) is 121 cm³/mol. The van der Waals surface area contributed by atoms with Crippen molar-refractivity contribution >= 4 is 11.8 Å². The van der Waals surface area contributed by atoms with Gasteiger partial charge in [-0.15, -0.1) is 0 Å². The molecule has 2 amide bonds. The number of hydrogen-bond acceptors (Lipinski definition) is 3. The molecule has 0 aliphatic carbocycles. The monoisotopic (exact) mass is 413 g/mol. The van der Waals surface area contributed by atoms with Gasteiger partial charge in [-0.3, -0.25) is 14.6 Å². The van der Waals surface area contributed by atoms with E-state index in [1.807, 2.05) is 30.3 Å². The highest BCUT2D eigenvalue weighted by molar-refractivity contribution is 5.93. The molecule has 3 aromatic rings. The van der Waals surface area contributed by atoms with E-state index in [-0.39, 0.29) is 11.8 Å². The smallest absolute Gasteiger partial charge is 0.272 e. The third-order valence-corrected chi connectivity index (χ3v) is 5.96. The van der Waals surface area contributed by atoms with E-state index < -0.39 is 5.41 Å². The topological polar surface area (TPSA) is 53.5 Å². The zero-order valence-corrected chi connectivity index (χ0v) is 18.0. The molecule has 5 nitrogen and oxygen atoms in total. The number of pyridine rings is 1. The summed E-state index contributed by atoms with van der Waals surface area (Å²) in [7, 11) is 3.57. The molecule has 158 valence electrons. The first-order valence-corrected chi connectivity index (χ1v) is 10.5. The normalized spacial score (nSPS) is 18.1. The summed E-state index contributed by atoms with van der Waals surface area (Å²) in [6.45, 7) is 0.947. The largest absolute Gasteiger partial charge is 0.348 e. The molecule has 1 saturated heterocycles. The molecule has 2 aromatic carbocycles. The summed E-state index contributed by atoms with van der Waals surface area (Å²) in [6.07, 6.45) is 2.85. The third kappa shape index (κ3) is 4.36. The van der Waals surface area contributed by atoms with Crippen LogP contribution in [0, 0.1) is 5.41 Å². The van der Waals surface area contributed by atoms with Gasteiger partial charge in [0.2, 0.25) is 5.91 Å². The van der Waals surface area contributed by atoms with E-state index >= 15 is 0 Å². The summed E-state index contributed by atoms with van der Waals surface area (Å²) in [5.41, 5.74) is 3.16. The summed E-state index contributed by atoms with van der Waals surface area (Å²) < 4.78 is 0. The number of benzene rings is 2. The lowest BCUT2D eigenvalue weighted by atomic mass is 9.79. The Balaban J connectivity index is 1.61. The van der Waals surface area contributed by atoms with Gasteiger partial charge in [-0.05, 0) is 41.7 Å². The molecule has 4 rings (SSSR count). The van der Waals surface area contributed by atoms with Crippen LogP contribution < -0.4 is 0 Å². The van der Waals surface area contributed by atoms with Gasteiger partial charge in [0.05, 0.1) is 5.41 Å². The van der Waals surface area contributed by atoms with Crippen LogP contribution in [0.25, 0.3) is 11.1 Å². The summed E-state index contributed by atoms with van der Waals surface area (Å²) >= 11 is 0. The second-order valence-electron chi connectivity index (χ2n) is 8.41. The van der Waals surface area contributed by atoms with Crippen molar-refractivity contribution in [2.75, 3.05) is 27.2 Å². The predicted octanol–water partition coefficient (Wildman–Crippen LogP) is 3.91. The number of likely N-dealkylation sites (tertiary alicyclic amines) is 1. The van der Waals surface area contributed by atoms with Crippen LogP contribution in [0.4, 0.5) is 0 Å². The van der Waals surface area contributed by atoms with Crippen molar-refractivity contribution in [3.05, 3.63) is 90.3 Å². The maximum Gasteiger partial charge on any atom is 0.272 e. The summed E-state index contributed by atoms with van der Waals surface area (Å²) in [6, 6.07) is 23.9. The van der Waals surface area contributed by atoms with E-state index in [0.717, 1.165) is 16.7 Å². The number of amides is 2. The number of aromatic nitrogens is 1. The molecule has 0 spiro atoms. The van der Waals surface area contributed by atoms with E-state index in [9.17, 15) is 9.59 Å². The van der Waals surface area contributed by atoms with Crippen molar-refractivity contribution in [1.82, 2.24) is 14.8 Å². The van der Waals surface area contributed by atoms with Crippen LogP contribution in [0.1, 0.15) is 22.5 Å². The molecule has 1 aliphatic rings. The minimum absolute atomic E-state index is 0.0638. The van der Waals surface area contributed by atoms with Gasteiger partial charge in [0, 0.05) is 33.4 Å². The summed E-state index contributed by atoms with van der Waals surface area (Å²) in [5, 5.41) is 0. The Hall–Kier alpha value is -3.47. The van der Waals surface area contributed by atoms with Gasteiger partial charge in [-0.2, -0.15) is 0 Å². The van der Waals surface area contributed by atoms with Crippen molar-refractivity contribution in [2.24, 2.45) is 5.41 Å². The Morgan fingerprint density at radius 1 is 0.968 bits per heavy atom. The molecule has 1 aromatic heterocycles. The number of hydrogen-bond donors (Lipinski definition) is 0. The first-order chi connectivity index (χ1) is 15.0. The maximum atomic E-state index is 13.3. The third-order valence-electron chi connectivity index (χ3n) is 5.96. The fourth-order valence-corrected chi connectivity index (χ4v) is 4.45. The first kappa shape index (κ1) is 20.8. The summed E-state index contributed by atoms with van der Waals surface area (Å²) in [5.74, 6) is -0.0546. The van der Waals surface area contributed by atoms with Crippen LogP contribution in [-0.2, 0) is 11.2 Å². The highest BCUT2D eigenvalue weighted by Crippen LogP contribution is 2.37. The summed E-state index contributed by atoms with van der Waals surface area (Å²) in [4.78, 5) is 33.9. The molecule has 1 unspecified atom stereocenters. The molecule has 1 fully saturated rings. The average Bonchev–Trinajstić information content (AvgIpc) is 3.24. The van der Waals surface area contributed by atoms with Crippen LogP contribution in [0.3, 0.4) is 0 Å². The van der Waals surface area contributed by atoms with Crippen LogP contribution in [0.2, 0.25) is 0 Å². The Morgan fingerprint density at radius 2 is 1.71 bits per heavy atom. The first-order valence-electron chi connectivity index (χ1n) is 10.5. The number of rotatable bonds is 5. The zero-order chi connectivity index (χ0) is 21.8. The van der Waals surface area contributed by atoms with Crippen molar-refractivity contribution in [3.63, 3.8) is 0 Å². The number of nitrogens with zero attached hydrogens (tertiary/aromatic N) is 3. The van der Waals surface area contributed by atoms with Crippen LogP contribution >= 0.6 is 0 Å². The lowest BCUT2D eigenvalue weighted by Crippen LogP contribution is -2.44. The van der Waals surface area contributed by atoms with E-state index in [4.69, 9.17) is 0 Å². The fourth-order valence-electron chi connectivity index (χ4n) is 4.45. The van der Waals surface area contributed by atoms with Gasteiger partial charge >= 0.3 is 0 Å². The van der Waals surface area contributed by atoms with E-state index in [1.54, 1.807) is 42.2 Å². The minimum Gasteiger partial charge on any atom is -0.348 e. The molecular formula is C26H27N3O2. The Bertz CT molecular complexity index is 1070. The number of carbonyl (C=O) groups excluding carboxylic acids is 2. The Morgan fingerprint density at radius 3 is 2.42 bits per heavy atom. The lowest BCUT2D eigenvalue weighted by molar-refractivity contribution is -0.138. The number of carbonyl (C=O) groups is 2. The molecule has 1 aliphatic heterocycles. The van der Waals surface area contributed by atoms with Crippen molar-refractivity contribution < 1.29 is 9.59 Å². The van der Waals surface area contributed by atoms with Gasteiger partial charge in [-0.25, -0.2) is 0 Å². The Labute approximate surface area is 183 Å². The molecule has 5 heteroatoms. The van der Waals surface area contributed by atoms with Gasteiger partial charge in [0.1, 0.15) is 5.69 Å². The second-order valence-corrected chi connectivity index (χ2v) is 8.41. The molecule has 0 N–H and O–H groups in total. The van der Waals surface area contributed by atoms with Crippen molar-refractivity contribution in [3.8, 4) is 11.1 Å². The highest BCUT2D eigenvalue weighted by atomic mass is 16.2. The van der Waals surface area contributed by atoms with E-state index in [2.05, 4.69) is 35.3 Å². The quantitative estimate of drug-likeness (QED) is 0.637. The Kier molecular flexibility index (Phi) is 5.85. The molecule has 0 bridgehead atoms. The van der Waals surface area contributed by atoms with Gasteiger partial charge < -0.3 is 9.80 Å². The second kappa shape index (κ2) is 8.72. The van der Waals surface area contributed by atoms with Gasteiger partial charge in [0.25, 0.3) is 5.91 Å². The van der Waals surface area contributed by atoms with Crippen LogP contribution in [-0.4, -0.2) is 53.8 Å². The lowest BCUT2D eigenvalue weighted by Gasteiger charge is -2.31.